The van der Waals surface area contributed by atoms with Crippen molar-refractivity contribution in [2.24, 2.45) is 5.92 Å². The molecule has 1 atom stereocenters. The Morgan fingerprint density at radius 1 is 1.20 bits per heavy atom. The van der Waals surface area contributed by atoms with Crippen LogP contribution in [0.2, 0.25) is 0 Å². The molecule has 4 heteroatoms. The molecule has 0 bridgehead atoms. The van der Waals surface area contributed by atoms with Crippen LogP contribution in [0.4, 0.5) is 0 Å². The van der Waals surface area contributed by atoms with Gasteiger partial charge in [0.05, 0.1) is 19.3 Å². The average molecular weight is 217 g/mol. The van der Waals surface area contributed by atoms with Crippen molar-refractivity contribution in [2.75, 3.05) is 26.4 Å². The summed E-state index contributed by atoms with van der Waals surface area (Å²) in [5.74, 6) is 0.512. The summed E-state index contributed by atoms with van der Waals surface area (Å²) in [7, 11) is 0. The van der Waals surface area contributed by atoms with Crippen molar-refractivity contribution in [3.63, 3.8) is 0 Å². The summed E-state index contributed by atoms with van der Waals surface area (Å²) in [6.07, 6.45) is 1.68. The van der Waals surface area contributed by atoms with Crippen molar-refractivity contribution in [1.82, 2.24) is 5.32 Å². The minimum Gasteiger partial charge on any atom is -0.379 e. The van der Waals surface area contributed by atoms with Gasteiger partial charge in [-0.15, -0.1) is 0 Å². The third-order valence-corrected chi connectivity index (χ3v) is 1.74. The van der Waals surface area contributed by atoms with Gasteiger partial charge in [0, 0.05) is 13.2 Å². The first-order chi connectivity index (χ1) is 7.20. The first kappa shape index (κ1) is 14.4. The summed E-state index contributed by atoms with van der Waals surface area (Å²) >= 11 is 0. The molecule has 0 aliphatic rings. The van der Waals surface area contributed by atoms with Crippen molar-refractivity contribution in [1.29, 1.82) is 0 Å². The predicted molar refractivity (Wildman–Crippen MR) is 59.8 cm³/mol. The fourth-order valence-electron chi connectivity index (χ4n) is 1.06. The molecule has 0 fully saturated rings. The van der Waals surface area contributed by atoms with E-state index < -0.39 is 0 Å². The predicted octanol–water partition coefficient (Wildman–Crippen LogP) is 1.20. The van der Waals surface area contributed by atoms with E-state index in [1.807, 2.05) is 0 Å². The lowest BCUT2D eigenvalue weighted by Crippen LogP contribution is -2.37. The molecule has 15 heavy (non-hydrogen) atoms. The van der Waals surface area contributed by atoms with E-state index in [0.29, 0.717) is 32.1 Å². The Kier molecular flexibility index (Phi) is 9.52. The van der Waals surface area contributed by atoms with Crippen LogP contribution in [-0.4, -0.2) is 38.9 Å². The van der Waals surface area contributed by atoms with Crippen LogP contribution < -0.4 is 5.32 Å². The van der Waals surface area contributed by atoms with Gasteiger partial charge >= 0.3 is 0 Å². The first-order valence-corrected chi connectivity index (χ1v) is 5.55. The summed E-state index contributed by atoms with van der Waals surface area (Å²) in [4.78, 5) is 10.3. The van der Waals surface area contributed by atoms with Crippen molar-refractivity contribution in [3.8, 4) is 0 Å². The normalized spacial score (nSPS) is 12.8. The molecule has 0 radical (unpaired) electrons. The van der Waals surface area contributed by atoms with E-state index in [1.165, 1.54) is 0 Å². The lowest BCUT2D eigenvalue weighted by molar-refractivity contribution is -0.111. The molecule has 1 amide bonds. The molecule has 0 saturated heterocycles. The molecular weight excluding hydrogens is 194 g/mol. The number of amides is 1. The molecule has 1 N–H and O–H groups in total. The second kappa shape index (κ2) is 9.93. The lowest BCUT2D eigenvalue weighted by Gasteiger charge is -2.17. The number of rotatable bonds is 10. The zero-order valence-corrected chi connectivity index (χ0v) is 9.99. The summed E-state index contributed by atoms with van der Waals surface area (Å²) in [6.45, 7) is 8.71. The Morgan fingerprint density at radius 2 is 1.87 bits per heavy atom. The fraction of sp³-hybridized carbons (Fsp3) is 0.909. The molecule has 0 aliphatic heterocycles. The zero-order valence-electron chi connectivity index (χ0n) is 9.99. The van der Waals surface area contributed by atoms with E-state index in [2.05, 4.69) is 26.1 Å². The highest BCUT2D eigenvalue weighted by atomic mass is 16.5. The molecule has 1 unspecified atom stereocenters. The van der Waals surface area contributed by atoms with Gasteiger partial charge < -0.3 is 14.8 Å². The molecule has 4 nitrogen and oxygen atoms in total. The smallest absolute Gasteiger partial charge is 0.207 e. The van der Waals surface area contributed by atoms with Crippen LogP contribution >= 0.6 is 0 Å². The highest BCUT2D eigenvalue weighted by Gasteiger charge is 2.07. The molecule has 0 spiro atoms. The van der Waals surface area contributed by atoms with Crippen molar-refractivity contribution >= 4 is 6.41 Å². The van der Waals surface area contributed by atoms with Crippen LogP contribution in [0.3, 0.4) is 0 Å². The molecule has 0 aromatic rings. The monoisotopic (exact) mass is 217 g/mol. The van der Waals surface area contributed by atoms with Gasteiger partial charge in [-0.3, -0.25) is 4.79 Å². The first-order valence-electron chi connectivity index (χ1n) is 5.55. The van der Waals surface area contributed by atoms with Crippen molar-refractivity contribution in [2.45, 2.75) is 33.2 Å². The van der Waals surface area contributed by atoms with Crippen LogP contribution in [-0.2, 0) is 14.3 Å². The van der Waals surface area contributed by atoms with Crippen molar-refractivity contribution in [3.05, 3.63) is 0 Å². The van der Waals surface area contributed by atoms with E-state index in [4.69, 9.17) is 9.47 Å². The van der Waals surface area contributed by atoms with Gasteiger partial charge in [0.15, 0.2) is 0 Å². The Bertz CT molecular complexity index is 151. The maximum absolute atomic E-state index is 10.3. The van der Waals surface area contributed by atoms with E-state index in [0.717, 1.165) is 13.0 Å². The van der Waals surface area contributed by atoms with Crippen molar-refractivity contribution < 1.29 is 14.3 Å². The number of hydrogen-bond acceptors (Lipinski definition) is 3. The Morgan fingerprint density at radius 3 is 2.40 bits per heavy atom. The third kappa shape index (κ3) is 9.69. The third-order valence-electron chi connectivity index (χ3n) is 1.74. The molecule has 0 aromatic heterocycles. The Balaban J connectivity index is 3.57. The quantitative estimate of drug-likeness (QED) is 0.442. The van der Waals surface area contributed by atoms with Gasteiger partial charge in [-0.25, -0.2) is 0 Å². The SMILES string of the molecule is CCCOCC(COCC(C)C)NC=O. The van der Waals surface area contributed by atoms with E-state index in [9.17, 15) is 4.79 Å². The molecule has 0 heterocycles. The maximum atomic E-state index is 10.3. The standard InChI is InChI=1S/C11H23NO3/c1-4-5-14-7-11(12-9-13)8-15-6-10(2)3/h9-11H,4-8H2,1-3H3,(H,12,13). The largest absolute Gasteiger partial charge is 0.379 e. The van der Waals surface area contributed by atoms with Gasteiger partial charge in [0.2, 0.25) is 6.41 Å². The number of nitrogens with one attached hydrogen (secondary N) is 1. The fourth-order valence-corrected chi connectivity index (χ4v) is 1.06. The number of hydrogen-bond donors (Lipinski definition) is 1. The molecule has 0 aromatic carbocycles. The van der Waals surface area contributed by atoms with Crippen LogP contribution in [0.25, 0.3) is 0 Å². The topological polar surface area (TPSA) is 47.6 Å². The average Bonchev–Trinajstić information content (AvgIpc) is 2.17. The molecular formula is C11H23NO3. The lowest BCUT2D eigenvalue weighted by atomic mass is 10.2. The Hall–Kier alpha value is -0.610. The molecule has 0 saturated carbocycles. The van der Waals surface area contributed by atoms with Crippen LogP contribution in [0.5, 0.6) is 0 Å². The number of carbonyl (C=O) groups is 1. The maximum Gasteiger partial charge on any atom is 0.207 e. The second-order valence-electron chi connectivity index (χ2n) is 3.99. The van der Waals surface area contributed by atoms with E-state index in [-0.39, 0.29) is 6.04 Å². The summed E-state index contributed by atoms with van der Waals surface area (Å²) in [5, 5.41) is 2.68. The van der Waals surface area contributed by atoms with E-state index in [1.54, 1.807) is 0 Å². The van der Waals surface area contributed by atoms with E-state index >= 15 is 0 Å². The second-order valence-corrected chi connectivity index (χ2v) is 3.99. The van der Waals surface area contributed by atoms with Gasteiger partial charge in [0.1, 0.15) is 0 Å². The zero-order chi connectivity index (χ0) is 11.5. The number of ether oxygens (including phenoxy) is 2. The van der Waals surface area contributed by atoms with Gasteiger partial charge in [-0.1, -0.05) is 20.8 Å². The highest BCUT2D eigenvalue weighted by molar-refractivity contribution is 5.46. The number of carbonyl (C=O) groups excluding carboxylic acids is 1. The molecule has 90 valence electrons. The summed E-state index contributed by atoms with van der Waals surface area (Å²) in [5.41, 5.74) is 0. The Labute approximate surface area is 92.3 Å². The van der Waals surface area contributed by atoms with Gasteiger partial charge in [-0.2, -0.15) is 0 Å². The van der Waals surface area contributed by atoms with Gasteiger partial charge in [0.25, 0.3) is 0 Å². The molecule has 0 rings (SSSR count). The minimum atomic E-state index is -0.0344. The summed E-state index contributed by atoms with van der Waals surface area (Å²) < 4.78 is 10.8. The highest BCUT2D eigenvalue weighted by Crippen LogP contribution is 1.95. The minimum absolute atomic E-state index is 0.0344. The van der Waals surface area contributed by atoms with Gasteiger partial charge in [-0.05, 0) is 12.3 Å². The summed E-state index contributed by atoms with van der Waals surface area (Å²) in [6, 6.07) is -0.0344. The van der Waals surface area contributed by atoms with Crippen LogP contribution in [0.15, 0.2) is 0 Å². The van der Waals surface area contributed by atoms with Crippen LogP contribution in [0.1, 0.15) is 27.2 Å². The van der Waals surface area contributed by atoms with Crippen LogP contribution in [0, 0.1) is 5.92 Å². The molecule has 0 aliphatic carbocycles.